The second kappa shape index (κ2) is 6.01. The molecule has 0 heterocycles. The lowest BCUT2D eigenvalue weighted by molar-refractivity contribution is 0.737. The van der Waals surface area contributed by atoms with Crippen LogP contribution in [0.5, 0.6) is 0 Å². The standard InChI is InChI=1S/C8H9Cl3N2.ClH/c9-4-1-5(7(13)3-12)8(11)6(10)2-4;/h1-2,7H,3,12-13H2;1H/t7-;/m1./s1. The average Bonchev–Trinajstić information content (AvgIpc) is 2.10. The van der Waals surface area contributed by atoms with Crippen LogP contribution in [0.3, 0.4) is 0 Å². The van der Waals surface area contributed by atoms with Crippen molar-refractivity contribution >= 4 is 47.2 Å². The van der Waals surface area contributed by atoms with Gasteiger partial charge in [0.15, 0.2) is 0 Å². The molecule has 80 valence electrons. The van der Waals surface area contributed by atoms with Crippen LogP contribution in [-0.4, -0.2) is 6.54 Å². The van der Waals surface area contributed by atoms with Crippen LogP contribution < -0.4 is 11.5 Å². The van der Waals surface area contributed by atoms with Crippen LogP contribution in [0, 0.1) is 0 Å². The van der Waals surface area contributed by atoms with Crippen molar-refractivity contribution < 1.29 is 0 Å². The minimum Gasteiger partial charge on any atom is -0.329 e. The SMILES string of the molecule is Cl.NC[C@@H](N)c1cc(Cl)cc(Cl)c1Cl. The van der Waals surface area contributed by atoms with Gasteiger partial charge in [-0.2, -0.15) is 0 Å². The fourth-order valence-corrected chi connectivity index (χ4v) is 1.73. The van der Waals surface area contributed by atoms with Gasteiger partial charge in [0, 0.05) is 17.6 Å². The maximum Gasteiger partial charge on any atom is 0.0641 e. The van der Waals surface area contributed by atoms with E-state index in [4.69, 9.17) is 46.3 Å². The summed E-state index contributed by atoms with van der Waals surface area (Å²) in [5.41, 5.74) is 11.8. The minimum atomic E-state index is -0.330. The molecule has 14 heavy (non-hydrogen) atoms. The van der Waals surface area contributed by atoms with Gasteiger partial charge in [0.2, 0.25) is 0 Å². The summed E-state index contributed by atoms with van der Waals surface area (Å²) in [5.74, 6) is 0. The van der Waals surface area contributed by atoms with Crippen molar-refractivity contribution in [1.82, 2.24) is 0 Å². The van der Waals surface area contributed by atoms with Crippen molar-refractivity contribution in [3.8, 4) is 0 Å². The predicted molar refractivity (Wildman–Crippen MR) is 64.7 cm³/mol. The van der Waals surface area contributed by atoms with E-state index in [1.807, 2.05) is 0 Å². The Morgan fingerprint density at radius 3 is 2.29 bits per heavy atom. The average molecular weight is 276 g/mol. The lowest BCUT2D eigenvalue weighted by atomic mass is 10.1. The summed E-state index contributed by atoms with van der Waals surface area (Å²) in [6.45, 7) is 0.302. The fourth-order valence-electron chi connectivity index (χ4n) is 0.973. The Kier molecular flexibility index (Phi) is 6.14. The molecule has 0 aliphatic carbocycles. The molecule has 1 rings (SSSR count). The summed E-state index contributed by atoms with van der Waals surface area (Å²) in [4.78, 5) is 0. The molecule has 0 amide bonds. The molecule has 0 saturated carbocycles. The van der Waals surface area contributed by atoms with Crippen molar-refractivity contribution in [2.75, 3.05) is 6.54 Å². The summed E-state index contributed by atoms with van der Waals surface area (Å²) >= 11 is 17.5. The second-order valence-electron chi connectivity index (χ2n) is 2.63. The molecular formula is C8H10Cl4N2. The van der Waals surface area contributed by atoms with Gasteiger partial charge >= 0.3 is 0 Å². The molecule has 0 saturated heterocycles. The first kappa shape index (κ1) is 14.3. The summed E-state index contributed by atoms with van der Waals surface area (Å²) < 4.78 is 0. The van der Waals surface area contributed by atoms with Gasteiger partial charge in [0.25, 0.3) is 0 Å². The van der Waals surface area contributed by atoms with E-state index in [1.165, 1.54) is 0 Å². The molecule has 6 heteroatoms. The van der Waals surface area contributed by atoms with Crippen LogP contribution in [0.1, 0.15) is 11.6 Å². The molecule has 0 bridgehead atoms. The normalized spacial score (nSPS) is 12.1. The summed E-state index contributed by atoms with van der Waals surface area (Å²) in [6, 6.07) is 2.91. The Hall–Kier alpha value is 0.300. The molecule has 1 aromatic carbocycles. The number of benzene rings is 1. The Morgan fingerprint density at radius 2 is 1.79 bits per heavy atom. The number of hydrogen-bond acceptors (Lipinski definition) is 2. The van der Waals surface area contributed by atoms with Crippen LogP contribution in [0.15, 0.2) is 12.1 Å². The maximum atomic E-state index is 5.91. The van der Waals surface area contributed by atoms with E-state index in [0.717, 1.165) is 0 Å². The molecule has 0 aliphatic rings. The number of nitrogens with two attached hydrogens (primary N) is 2. The van der Waals surface area contributed by atoms with Gasteiger partial charge in [-0.25, -0.2) is 0 Å². The highest BCUT2D eigenvalue weighted by molar-refractivity contribution is 6.43. The first-order chi connectivity index (χ1) is 6.06. The summed E-state index contributed by atoms with van der Waals surface area (Å²) in [6.07, 6.45) is 0. The molecule has 0 aliphatic heterocycles. The van der Waals surface area contributed by atoms with E-state index in [0.29, 0.717) is 27.2 Å². The van der Waals surface area contributed by atoms with Gasteiger partial charge in [-0.1, -0.05) is 34.8 Å². The van der Waals surface area contributed by atoms with Gasteiger partial charge in [0.05, 0.1) is 10.0 Å². The zero-order valence-corrected chi connectivity index (χ0v) is 10.2. The van der Waals surface area contributed by atoms with Crippen molar-refractivity contribution in [2.24, 2.45) is 11.5 Å². The van der Waals surface area contributed by atoms with Crippen molar-refractivity contribution in [2.45, 2.75) is 6.04 Å². The second-order valence-corrected chi connectivity index (χ2v) is 3.85. The monoisotopic (exact) mass is 274 g/mol. The van der Waals surface area contributed by atoms with Crippen LogP contribution in [-0.2, 0) is 0 Å². The molecule has 0 aromatic heterocycles. The van der Waals surface area contributed by atoms with E-state index in [9.17, 15) is 0 Å². The van der Waals surface area contributed by atoms with Gasteiger partial charge in [-0.3, -0.25) is 0 Å². The Balaban J connectivity index is 0.00000169. The zero-order chi connectivity index (χ0) is 10.0. The van der Waals surface area contributed by atoms with Gasteiger partial charge in [-0.15, -0.1) is 12.4 Å². The van der Waals surface area contributed by atoms with E-state index < -0.39 is 0 Å². The Bertz CT molecular complexity index is 316. The lowest BCUT2D eigenvalue weighted by Gasteiger charge is -2.12. The van der Waals surface area contributed by atoms with Crippen molar-refractivity contribution in [3.05, 3.63) is 32.8 Å². The quantitative estimate of drug-likeness (QED) is 0.816. The zero-order valence-electron chi connectivity index (χ0n) is 7.14. The highest BCUT2D eigenvalue weighted by Gasteiger charge is 2.12. The highest BCUT2D eigenvalue weighted by atomic mass is 35.5. The first-order valence-corrected chi connectivity index (χ1v) is 4.79. The Labute approximate surface area is 104 Å². The van der Waals surface area contributed by atoms with E-state index in [1.54, 1.807) is 12.1 Å². The number of halogens is 4. The van der Waals surface area contributed by atoms with Gasteiger partial charge < -0.3 is 11.5 Å². The highest BCUT2D eigenvalue weighted by Crippen LogP contribution is 2.32. The van der Waals surface area contributed by atoms with Crippen LogP contribution in [0.4, 0.5) is 0 Å². The van der Waals surface area contributed by atoms with Gasteiger partial charge in [-0.05, 0) is 17.7 Å². The largest absolute Gasteiger partial charge is 0.329 e. The Morgan fingerprint density at radius 1 is 1.21 bits per heavy atom. The van der Waals surface area contributed by atoms with Gasteiger partial charge in [0.1, 0.15) is 0 Å². The van der Waals surface area contributed by atoms with E-state index in [-0.39, 0.29) is 18.4 Å². The molecule has 0 spiro atoms. The summed E-state index contributed by atoms with van der Waals surface area (Å²) in [5, 5.41) is 1.32. The molecule has 1 atom stereocenters. The first-order valence-electron chi connectivity index (χ1n) is 3.66. The molecule has 0 fully saturated rings. The maximum absolute atomic E-state index is 5.91. The summed E-state index contributed by atoms with van der Waals surface area (Å²) in [7, 11) is 0. The minimum absolute atomic E-state index is 0. The molecule has 0 radical (unpaired) electrons. The molecule has 1 aromatic rings. The number of hydrogen-bond donors (Lipinski definition) is 2. The van der Waals surface area contributed by atoms with Crippen LogP contribution in [0.25, 0.3) is 0 Å². The predicted octanol–water partition coefficient (Wildman–Crippen LogP) is 3.03. The lowest BCUT2D eigenvalue weighted by Crippen LogP contribution is -2.21. The van der Waals surface area contributed by atoms with Crippen molar-refractivity contribution in [1.29, 1.82) is 0 Å². The molecule has 4 N–H and O–H groups in total. The van der Waals surface area contributed by atoms with Crippen LogP contribution >= 0.6 is 47.2 Å². The van der Waals surface area contributed by atoms with E-state index >= 15 is 0 Å². The van der Waals surface area contributed by atoms with Crippen molar-refractivity contribution in [3.63, 3.8) is 0 Å². The fraction of sp³-hybridized carbons (Fsp3) is 0.250. The molecule has 0 unspecified atom stereocenters. The smallest absolute Gasteiger partial charge is 0.0641 e. The third kappa shape index (κ3) is 3.16. The van der Waals surface area contributed by atoms with E-state index in [2.05, 4.69) is 0 Å². The van der Waals surface area contributed by atoms with Crippen LogP contribution in [0.2, 0.25) is 15.1 Å². The third-order valence-corrected chi connectivity index (χ3v) is 2.71. The topological polar surface area (TPSA) is 52.0 Å². The number of rotatable bonds is 2. The molecular weight excluding hydrogens is 266 g/mol. The third-order valence-electron chi connectivity index (χ3n) is 1.67. The molecule has 2 nitrogen and oxygen atoms in total.